The molecule has 97 heavy (non-hydrogen) atoms. The number of hydrogen-bond acceptors (Lipinski definition) is 15. The Balaban J connectivity index is 5.12. The Morgan fingerprint density at radius 3 is 0.701 bits per heavy atom. The molecule has 0 amide bonds. The van der Waals surface area contributed by atoms with Crippen LogP contribution in [0.2, 0.25) is 0 Å². The third-order valence-corrected chi connectivity index (χ3v) is 20.1. The van der Waals surface area contributed by atoms with Gasteiger partial charge < -0.3 is 33.8 Å². The Morgan fingerprint density at radius 1 is 0.278 bits per heavy atom. The Labute approximate surface area is 594 Å². The number of aliphatic hydroxyl groups is 1. The molecule has 0 saturated carbocycles. The minimum atomic E-state index is -4.96. The molecule has 0 fully saturated rings. The van der Waals surface area contributed by atoms with Gasteiger partial charge in [-0.05, 0) is 37.5 Å². The summed E-state index contributed by atoms with van der Waals surface area (Å²) < 4.78 is 68.4. The van der Waals surface area contributed by atoms with E-state index in [4.69, 9.17) is 37.0 Å². The first-order valence-corrected chi connectivity index (χ1v) is 43.5. The van der Waals surface area contributed by atoms with Crippen LogP contribution in [0.5, 0.6) is 0 Å². The lowest BCUT2D eigenvalue weighted by molar-refractivity contribution is -0.161. The fourth-order valence-electron chi connectivity index (χ4n) is 12.0. The number of rotatable bonds is 77. The number of aliphatic hydroxyl groups excluding tert-OH is 1. The molecule has 0 saturated heterocycles. The largest absolute Gasteiger partial charge is 0.472 e. The molecule has 5 atom stereocenters. The average Bonchev–Trinajstić information content (AvgIpc) is 1.44. The lowest BCUT2D eigenvalue weighted by Gasteiger charge is -2.21. The van der Waals surface area contributed by atoms with Crippen LogP contribution in [0.15, 0.2) is 0 Å². The molecule has 0 aromatic carbocycles. The van der Waals surface area contributed by atoms with Gasteiger partial charge in [0.2, 0.25) is 0 Å². The zero-order valence-electron chi connectivity index (χ0n) is 63.4. The predicted octanol–water partition coefficient (Wildman–Crippen LogP) is 23.1. The molecule has 0 aromatic heterocycles. The lowest BCUT2D eigenvalue weighted by atomic mass is 10.0. The van der Waals surface area contributed by atoms with Crippen LogP contribution < -0.4 is 0 Å². The standard InChI is InChI=1S/C78H152O17P2/c1-7-9-11-13-14-15-16-17-18-19-20-21-22-23-24-29-34-39-44-50-56-62-78(83)95-74(67-89-76(81)61-55-49-43-38-33-28-26-25-27-31-36-41-47-52-58-70(3)4)69-93-97(86,87)91-65-72(79)64-90-96(84,85)92-68-73(66-88-75(80)60-54-46-12-10-8-2)94-77(82)63-57-51-45-40-35-30-32-37-42-48-53-59-71(5)6/h70-74,79H,7-69H2,1-6H3,(H,84,85)(H,86,87)/t72-,73+,74+/m0/s1. The zero-order valence-corrected chi connectivity index (χ0v) is 65.2. The summed E-state index contributed by atoms with van der Waals surface area (Å²) >= 11 is 0. The predicted molar refractivity (Wildman–Crippen MR) is 395 cm³/mol. The summed E-state index contributed by atoms with van der Waals surface area (Å²) in [5.41, 5.74) is 0. The normalized spacial score (nSPS) is 14.0. The van der Waals surface area contributed by atoms with Gasteiger partial charge in [0.25, 0.3) is 0 Å². The highest BCUT2D eigenvalue weighted by atomic mass is 31.2. The third-order valence-electron chi connectivity index (χ3n) is 18.2. The van der Waals surface area contributed by atoms with Gasteiger partial charge in [0.1, 0.15) is 19.3 Å². The van der Waals surface area contributed by atoms with Crippen molar-refractivity contribution in [1.82, 2.24) is 0 Å². The first kappa shape index (κ1) is 95.1. The highest BCUT2D eigenvalue weighted by molar-refractivity contribution is 7.47. The molecule has 0 radical (unpaired) electrons. The van der Waals surface area contributed by atoms with E-state index < -0.39 is 97.5 Å². The number of carbonyl (C=O) groups is 4. The van der Waals surface area contributed by atoms with Gasteiger partial charge in [0.15, 0.2) is 12.2 Å². The summed E-state index contributed by atoms with van der Waals surface area (Å²) in [6.07, 6.45) is 58.8. The van der Waals surface area contributed by atoms with Crippen LogP contribution >= 0.6 is 15.6 Å². The number of unbranched alkanes of at least 4 members (excludes halogenated alkanes) is 47. The Bertz CT molecular complexity index is 1870. The molecule has 0 heterocycles. The lowest BCUT2D eigenvalue weighted by Crippen LogP contribution is -2.30. The van der Waals surface area contributed by atoms with Gasteiger partial charge in [-0.2, -0.15) is 0 Å². The van der Waals surface area contributed by atoms with Crippen molar-refractivity contribution in [2.24, 2.45) is 11.8 Å². The number of ether oxygens (including phenoxy) is 4. The second-order valence-electron chi connectivity index (χ2n) is 29.1. The number of carbonyl (C=O) groups excluding carboxylic acids is 4. The van der Waals surface area contributed by atoms with E-state index in [1.165, 1.54) is 218 Å². The average molecular weight is 1420 g/mol. The van der Waals surface area contributed by atoms with E-state index in [-0.39, 0.29) is 25.7 Å². The quantitative estimate of drug-likeness (QED) is 0.0222. The maximum Gasteiger partial charge on any atom is 0.472 e. The van der Waals surface area contributed by atoms with Crippen molar-refractivity contribution in [1.29, 1.82) is 0 Å². The van der Waals surface area contributed by atoms with E-state index in [1.54, 1.807) is 0 Å². The Kier molecular flexibility index (Phi) is 68.4. The van der Waals surface area contributed by atoms with Gasteiger partial charge in [0, 0.05) is 25.7 Å². The van der Waals surface area contributed by atoms with E-state index in [9.17, 15) is 43.2 Å². The fraction of sp³-hybridized carbons (Fsp3) is 0.949. The third kappa shape index (κ3) is 72.2. The van der Waals surface area contributed by atoms with Gasteiger partial charge in [-0.25, -0.2) is 9.13 Å². The van der Waals surface area contributed by atoms with Crippen molar-refractivity contribution in [3.05, 3.63) is 0 Å². The van der Waals surface area contributed by atoms with Gasteiger partial charge in [0.05, 0.1) is 26.4 Å². The van der Waals surface area contributed by atoms with Crippen molar-refractivity contribution in [3.8, 4) is 0 Å². The monoisotopic (exact) mass is 1420 g/mol. The first-order valence-electron chi connectivity index (χ1n) is 40.5. The molecule has 2 unspecified atom stereocenters. The summed E-state index contributed by atoms with van der Waals surface area (Å²) in [5.74, 6) is -0.560. The van der Waals surface area contributed by atoms with Crippen molar-refractivity contribution in [3.63, 3.8) is 0 Å². The molecule has 0 rings (SSSR count). The molecule has 0 aliphatic carbocycles. The van der Waals surface area contributed by atoms with Crippen molar-refractivity contribution >= 4 is 39.5 Å². The topological polar surface area (TPSA) is 237 Å². The van der Waals surface area contributed by atoms with Crippen molar-refractivity contribution in [2.75, 3.05) is 39.6 Å². The van der Waals surface area contributed by atoms with E-state index in [0.717, 1.165) is 108 Å². The SMILES string of the molecule is CCCCCCCCCCCCCCCCCCCCCCCC(=O)O[C@H](COC(=O)CCCCCCCCCCCCCCCCC(C)C)COP(=O)(O)OC[C@@H](O)COP(=O)(O)OC[C@@H](COC(=O)CCCCCCC)OC(=O)CCCCCCCCCCCCCC(C)C. The number of hydrogen-bond donors (Lipinski definition) is 3. The molecular formula is C78H152O17P2. The molecule has 17 nitrogen and oxygen atoms in total. The van der Waals surface area contributed by atoms with Gasteiger partial charge >= 0.3 is 39.5 Å². The molecule has 19 heteroatoms. The number of phosphoric ester groups is 2. The first-order chi connectivity index (χ1) is 46.9. The molecule has 0 aliphatic heterocycles. The van der Waals surface area contributed by atoms with E-state index in [1.807, 2.05) is 0 Å². The van der Waals surface area contributed by atoms with Crippen LogP contribution in [0.4, 0.5) is 0 Å². The maximum absolute atomic E-state index is 13.1. The second kappa shape index (κ2) is 69.8. The minimum Gasteiger partial charge on any atom is -0.462 e. The van der Waals surface area contributed by atoms with Crippen molar-refractivity contribution < 1.29 is 80.2 Å². The van der Waals surface area contributed by atoms with Crippen LogP contribution in [-0.2, 0) is 65.4 Å². The highest BCUT2D eigenvalue weighted by Gasteiger charge is 2.30. The molecule has 0 bridgehead atoms. The second-order valence-corrected chi connectivity index (χ2v) is 32.0. The van der Waals surface area contributed by atoms with E-state index >= 15 is 0 Å². The summed E-state index contributed by atoms with van der Waals surface area (Å²) in [6, 6.07) is 0. The molecule has 0 spiro atoms. The molecule has 0 aliphatic rings. The summed E-state index contributed by atoms with van der Waals surface area (Å²) in [6.45, 7) is 9.54. The van der Waals surface area contributed by atoms with Gasteiger partial charge in [-0.15, -0.1) is 0 Å². The van der Waals surface area contributed by atoms with Gasteiger partial charge in [-0.1, -0.05) is 356 Å². The maximum atomic E-state index is 13.1. The fourth-order valence-corrected chi connectivity index (χ4v) is 13.6. The Morgan fingerprint density at radius 2 is 0.474 bits per heavy atom. The molecule has 0 aromatic rings. The van der Waals surface area contributed by atoms with E-state index in [0.29, 0.717) is 25.7 Å². The van der Waals surface area contributed by atoms with Crippen LogP contribution in [0.25, 0.3) is 0 Å². The summed E-state index contributed by atoms with van der Waals surface area (Å²) in [4.78, 5) is 72.6. The van der Waals surface area contributed by atoms with Crippen LogP contribution in [0.3, 0.4) is 0 Å². The Hall–Kier alpha value is -1.94. The minimum absolute atomic E-state index is 0.106. The zero-order chi connectivity index (χ0) is 71.4. The number of phosphoric acid groups is 2. The molecule has 3 N–H and O–H groups in total. The summed E-state index contributed by atoms with van der Waals surface area (Å²) in [7, 11) is -9.90. The summed E-state index contributed by atoms with van der Waals surface area (Å²) in [5, 5.41) is 10.6. The van der Waals surface area contributed by atoms with Gasteiger partial charge in [-0.3, -0.25) is 37.3 Å². The molecular weight excluding hydrogens is 1270 g/mol. The van der Waals surface area contributed by atoms with Crippen molar-refractivity contribution in [2.45, 2.75) is 426 Å². The smallest absolute Gasteiger partial charge is 0.462 e. The number of esters is 4. The van der Waals surface area contributed by atoms with Crippen LogP contribution in [-0.4, -0.2) is 96.7 Å². The highest BCUT2D eigenvalue weighted by Crippen LogP contribution is 2.45. The molecule has 576 valence electrons. The van der Waals surface area contributed by atoms with Crippen LogP contribution in [0.1, 0.15) is 408 Å². The van der Waals surface area contributed by atoms with E-state index in [2.05, 4.69) is 41.5 Å². The van der Waals surface area contributed by atoms with Crippen LogP contribution in [0, 0.1) is 11.8 Å².